The summed E-state index contributed by atoms with van der Waals surface area (Å²) in [6.07, 6.45) is -0.0830. The third kappa shape index (κ3) is 5.67. The maximum atomic E-state index is 12.9. The van der Waals surface area contributed by atoms with Crippen LogP contribution >= 0.6 is 11.6 Å². The van der Waals surface area contributed by atoms with Crippen molar-refractivity contribution in [2.75, 3.05) is 5.32 Å². The Labute approximate surface area is 175 Å². The van der Waals surface area contributed by atoms with Gasteiger partial charge in [0.05, 0.1) is 21.6 Å². The Kier molecular flexibility index (Phi) is 6.69. The SMILES string of the molecule is Cc1ccc(S(=O)(=O)N[C@@H](CC(=O)Nc2ccccc2Cl)c2ccccc2)cc1. The molecule has 3 aromatic carbocycles. The first-order valence-corrected chi connectivity index (χ1v) is 10.9. The number of aryl methyl sites for hydroxylation is 1. The summed E-state index contributed by atoms with van der Waals surface area (Å²) in [4.78, 5) is 12.8. The van der Waals surface area contributed by atoms with E-state index in [0.29, 0.717) is 16.3 Å². The second-order valence-corrected chi connectivity index (χ2v) is 8.75. The molecule has 3 aromatic rings. The maximum absolute atomic E-state index is 12.9. The Balaban J connectivity index is 1.82. The molecule has 2 N–H and O–H groups in total. The smallest absolute Gasteiger partial charge is 0.241 e. The molecule has 0 unspecified atom stereocenters. The molecule has 0 aliphatic rings. The van der Waals surface area contributed by atoms with E-state index in [1.54, 1.807) is 72.8 Å². The fraction of sp³-hybridized carbons (Fsp3) is 0.136. The van der Waals surface area contributed by atoms with Gasteiger partial charge in [0.2, 0.25) is 15.9 Å². The summed E-state index contributed by atoms with van der Waals surface area (Å²) >= 11 is 6.09. The molecule has 0 radical (unpaired) electrons. The van der Waals surface area contributed by atoms with Crippen molar-refractivity contribution in [3.63, 3.8) is 0 Å². The summed E-state index contributed by atoms with van der Waals surface area (Å²) in [5, 5.41) is 3.15. The number of hydrogen-bond acceptors (Lipinski definition) is 3. The molecule has 0 spiro atoms. The van der Waals surface area contributed by atoms with Crippen molar-refractivity contribution in [1.29, 1.82) is 0 Å². The number of carbonyl (C=O) groups excluding carboxylic acids is 1. The fourth-order valence-electron chi connectivity index (χ4n) is 2.83. The molecule has 0 saturated carbocycles. The highest BCUT2D eigenvalue weighted by atomic mass is 35.5. The van der Waals surface area contributed by atoms with Gasteiger partial charge in [-0.2, -0.15) is 0 Å². The molecule has 5 nitrogen and oxygen atoms in total. The number of hydrogen-bond donors (Lipinski definition) is 2. The Hall–Kier alpha value is -2.67. The highest BCUT2D eigenvalue weighted by molar-refractivity contribution is 7.89. The number of nitrogens with one attached hydrogen (secondary N) is 2. The minimum Gasteiger partial charge on any atom is -0.325 e. The lowest BCUT2D eigenvalue weighted by Gasteiger charge is -2.19. The zero-order valence-electron chi connectivity index (χ0n) is 15.8. The zero-order valence-corrected chi connectivity index (χ0v) is 17.4. The maximum Gasteiger partial charge on any atom is 0.241 e. The number of carbonyl (C=O) groups is 1. The van der Waals surface area contributed by atoms with Crippen LogP contribution in [-0.4, -0.2) is 14.3 Å². The summed E-state index contributed by atoms with van der Waals surface area (Å²) in [7, 11) is -3.81. The van der Waals surface area contributed by atoms with Gasteiger partial charge in [-0.05, 0) is 36.8 Å². The predicted octanol–water partition coefficient (Wildman–Crippen LogP) is 4.70. The molecule has 1 amide bonds. The number of benzene rings is 3. The number of anilines is 1. The van der Waals surface area contributed by atoms with Crippen molar-refractivity contribution in [2.45, 2.75) is 24.3 Å². The van der Waals surface area contributed by atoms with E-state index in [9.17, 15) is 13.2 Å². The van der Waals surface area contributed by atoms with Crippen LogP contribution in [0.25, 0.3) is 0 Å². The van der Waals surface area contributed by atoms with Crippen LogP contribution in [0.3, 0.4) is 0 Å². The highest BCUT2D eigenvalue weighted by Gasteiger charge is 2.24. The second kappa shape index (κ2) is 9.22. The van der Waals surface area contributed by atoms with Crippen molar-refractivity contribution in [3.05, 3.63) is 95.0 Å². The van der Waals surface area contributed by atoms with E-state index >= 15 is 0 Å². The molecule has 7 heteroatoms. The molecule has 0 aromatic heterocycles. The predicted molar refractivity (Wildman–Crippen MR) is 115 cm³/mol. The van der Waals surface area contributed by atoms with Crippen LogP contribution in [0.2, 0.25) is 5.02 Å². The van der Waals surface area contributed by atoms with Gasteiger partial charge in [0, 0.05) is 6.42 Å². The Morgan fingerprint density at radius 2 is 1.55 bits per heavy atom. The van der Waals surface area contributed by atoms with E-state index in [1.165, 1.54) is 0 Å². The lowest BCUT2D eigenvalue weighted by atomic mass is 10.0. The van der Waals surface area contributed by atoms with Crippen LogP contribution in [0.15, 0.2) is 83.8 Å². The molecule has 0 aliphatic heterocycles. The van der Waals surface area contributed by atoms with Crippen molar-refractivity contribution in [1.82, 2.24) is 4.72 Å². The standard InChI is InChI=1S/C22H21ClN2O3S/c1-16-11-13-18(14-12-16)29(27,28)25-21(17-7-3-2-4-8-17)15-22(26)24-20-10-6-5-9-19(20)23/h2-14,21,25H,15H2,1H3,(H,24,26)/t21-/m0/s1. The van der Waals surface area contributed by atoms with Gasteiger partial charge >= 0.3 is 0 Å². The van der Waals surface area contributed by atoms with E-state index in [2.05, 4.69) is 10.0 Å². The quantitative estimate of drug-likeness (QED) is 0.572. The molecule has 3 rings (SSSR count). The van der Waals surface area contributed by atoms with Crippen LogP contribution < -0.4 is 10.0 Å². The highest BCUT2D eigenvalue weighted by Crippen LogP contribution is 2.24. The molecule has 0 aliphatic carbocycles. The van der Waals surface area contributed by atoms with Gasteiger partial charge in [-0.1, -0.05) is 71.8 Å². The largest absolute Gasteiger partial charge is 0.325 e. The zero-order chi connectivity index (χ0) is 20.9. The van der Waals surface area contributed by atoms with Gasteiger partial charge in [-0.15, -0.1) is 0 Å². The summed E-state index contributed by atoms with van der Waals surface area (Å²) in [6, 6.07) is 21.7. The average Bonchev–Trinajstić information content (AvgIpc) is 2.70. The van der Waals surface area contributed by atoms with Crippen molar-refractivity contribution in [3.8, 4) is 0 Å². The van der Waals surface area contributed by atoms with Crippen molar-refractivity contribution >= 4 is 33.2 Å². The van der Waals surface area contributed by atoms with E-state index in [-0.39, 0.29) is 17.2 Å². The first kappa shape index (κ1) is 21.0. The summed E-state index contributed by atoms with van der Waals surface area (Å²) in [5.74, 6) is -0.349. The van der Waals surface area contributed by atoms with Crippen molar-refractivity contribution < 1.29 is 13.2 Å². The Bertz CT molecular complexity index is 1080. The summed E-state index contributed by atoms with van der Waals surface area (Å²) in [6.45, 7) is 1.88. The molecule has 0 saturated heterocycles. The van der Waals surface area contributed by atoms with Gasteiger partial charge in [-0.25, -0.2) is 13.1 Å². The van der Waals surface area contributed by atoms with Crippen LogP contribution in [0.5, 0.6) is 0 Å². The number of rotatable bonds is 7. The molecular formula is C22H21ClN2O3S. The lowest BCUT2D eigenvalue weighted by Crippen LogP contribution is -2.31. The van der Waals surface area contributed by atoms with Crippen LogP contribution in [0.1, 0.15) is 23.6 Å². The molecule has 29 heavy (non-hydrogen) atoms. The lowest BCUT2D eigenvalue weighted by molar-refractivity contribution is -0.116. The van der Waals surface area contributed by atoms with Gasteiger partial charge in [0.1, 0.15) is 0 Å². The third-order valence-electron chi connectivity index (χ3n) is 4.37. The van der Waals surface area contributed by atoms with Crippen LogP contribution in [0, 0.1) is 6.92 Å². The van der Waals surface area contributed by atoms with Crippen LogP contribution in [0.4, 0.5) is 5.69 Å². The van der Waals surface area contributed by atoms with Gasteiger partial charge in [0.25, 0.3) is 0 Å². The fourth-order valence-corrected chi connectivity index (χ4v) is 4.24. The Morgan fingerprint density at radius 1 is 0.931 bits per heavy atom. The number of amides is 1. The normalized spacial score (nSPS) is 12.3. The van der Waals surface area contributed by atoms with E-state index < -0.39 is 16.1 Å². The summed E-state index contributed by atoms with van der Waals surface area (Å²) < 4.78 is 28.4. The Morgan fingerprint density at radius 3 is 2.21 bits per heavy atom. The topological polar surface area (TPSA) is 75.3 Å². The third-order valence-corrected chi connectivity index (χ3v) is 6.19. The first-order chi connectivity index (χ1) is 13.8. The number of halogens is 1. The first-order valence-electron chi connectivity index (χ1n) is 9.03. The van der Waals surface area contributed by atoms with Gasteiger partial charge < -0.3 is 5.32 Å². The van der Waals surface area contributed by atoms with Crippen molar-refractivity contribution in [2.24, 2.45) is 0 Å². The van der Waals surface area contributed by atoms with Gasteiger partial charge in [-0.3, -0.25) is 4.79 Å². The van der Waals surface area contributed by atoms with E-state index in [0.717, 1.165) is 5.56 Å². The van der Waals surface area contributed by atoms with E-state index in [4.69, 9.17) is 11.6 Å². The number of para-hydroxylation sites is 1. The monoisotopic (exact) mass is 428 g/mol. The minimum atomic E-state index is -3.81. The molecule has 0 fully saturated rings. The molecule has 150 valence electrons. The molecule has 0 bridgehead atoms. The molecule has 0 heterocycles. The average molecular weight is 429 g/mol. The molecule has 1 atom stereocenters. The number of sulfonamides is 1. The molecular weight excluding hydrogens is 408 g/mol. The van der Waals surface area contributed by atoms with Gasteiger partial charge in [0.15, 0.2) is 0 Å². The van der Waals surface area contributed by atoms with E-state index in [1.807, 2.05) is 13.0 Å². The minimum absolute atomic E-state index is 0.0830. The summed E-state index contributed by atoms with van der Waals surface area (Å²) in [5.41, 5.74) is 2.13. The second-order valence-electron chi connectivity index (χ2n) is 6.63. The van der Waals surface area contributed by atoms with Crippen LogP contribution in [-0.2, 0) is 14.8 Å².